The van der Waals surface area contributed by atoms with Crippen molar-refractivity contribution in [1.29, 1.82) is 0 Å². The molecule has 0 bridgehead atoms. The molecule has 36 heavy (non-hydrogen) atoms. The number of benzene rings is 2. The molecule has 1 atom stereocenters. The van der Waals surface area contributed by atoms with Crippen molar-refractivity contribution in [3.05, 3.63) is 95.2 Å². The van der Waals surface area contributed by atoms with Gasteiger partial charge in [-0.05, 0) is 55.9 Å². The van der Waals surface area contributed by atoms with Crippen molar-refractivity contribution in [1.82, 2.24) is 24.5 Å². The number of aromatic nitrogens is 3. The lowest BCUT2D eigenvalue weighted by molar-refractivity contribution is 0.148. The van der Waals surface area contributed by atoms with Gasteiger partial charge in [-0.3, -0.25) is 4.90 Å². The highest BCUT2D eigenvalue weighted by Crippen LogP contribution is 2.22. The minimum atomic E-state index is -0.639. The topological polar surface area (TPSA) is 70.6 Å². The van der Waals surface area contributed by atoms with E-state index in [0.717, 1.165) is 55.1 Å². The largest absolute Gasteiger partial charge is 0.385 e. The lowest BCUT2D eigenvalue weighted by Crippen LogP contribution is -2.43. The fourth-order valence-corrected chi connectivity index (χ4v) is 4.34. The van der Waals surface area contributed by atoms with Gasteiger partial charge in [-0.25, -0.2) is 4.98 Å². The van der Waals surface area contributed by atoms with Crippen LogP contribution in [0.1, 0.15) is 41.2 Å². The van der Waals surface area contributed by atoms with Gasteiger partial charge in [0.25, 0.3) is 0 Å². The van der Waals surface area contributed by atoms with Crippen molar-refractivity contribution in [2.45, 2.75) is 26.1 Å². The van der Waals surface area contributed by atoms with Crippen LogP contribution in [0, 0.1) is 11.8 Å². The van der Waals surface area contributed by atoms with E-state index >= 15 is 0 Å². The molecule has 2 aromatic carbocycles. The van der Waals surface area contributed by atoms with Gasteiger partial charge in [0.15, 0.2) is 5.76 Å². The van der Waals surface area contributed by atoms with Crippen molar-refractivity contribution in [2.75, 3.05) is 33.2 Å². The first kappa shape index (κ1) is 24.0. The number of aliphatic hydroxyl groups excluding tert-OH is 1. The predicted molar refractivity (Wildman–Crippen MR) is 139 cm³/mol. The normalized spacial score (nSPS) is 15.4. The molecular weight excluding hydrogens is 450 g/mol. The van der Waals surface area contributed by atoms with E-state index < -0.39 is 6.10 Å². The first-order valence-corrected chi connectivity index (χ1v) is 12.3. The number of likely N-dealkylation sites (N-methyl/N-ethyl adjacent to an activating group) is 1. The molecule has 1 unspecified atom stereocenters. The Labute approximate surface area is 212 Å². The van der Waals surface area contributed by atoms with Crippen molar-refractivity contribution in [2.24, 2.45) is 0 Å². The minimum absolute atomic E-state index is 0.488. The summed E-state index contributed by atoms with van der Waals surface area (Å²) in [5, 5.41) is 14.0. The molecule has 0 aliphatic carbocycles. The molecule has 184 valence electrons. The Balaban J connectivity index is 1.19. The molecule has 0 amide bonds. The third-order valence-electron chi connectivity index (χ3n) is 6.49. The molecule has 7 nitrogen and oxygen atoms in total. The average Bonchev–Trinajstić information content (AvgIpc) is 3.56. The zero-order chi connectivity index (χ0) is 24.9. The highest BCUT2D eigenvalue weighted by atomic mass is 16.5. The molecule has 1 fully saturated rings. The monoisotopic (exact) mass is 481 g/mol. The number of piperazine rings is 1. The summed E-state index contributed by atoms with van der Waals surface area (Å²) in [7, 11) is 2.18. The summed E-state index contributed by atoms with van der Waals surface area (Å²) in [6.45, 7) is 7.70. The van der Waals surface area contributed by atoms with Gasteiger partial charge < -0.3 is 19.1 Å². The van der Waals surface area contributed by atoms with E-state index in [1.54, 1.807) is 13.1 Å². The summed E-state index contributed by atoms with van der Waals surface area (Å²) in [5.74, 6) is 7.81. The highest BCUT2D eigenvalue weighted by Gasteiger charge is 2.14. The summed E-state index contributed by atoms with van der Waals surface area (Å²) < 4.78 is 7.42. The molecule has 7 heteroatoms. The summed E-state index contributed by atoms with van der Waals surface area (Å²) in [6, 6.07) is 18.5. The smallest absolute Gasteiger partial charge is 0.167 e. The summed E-state index contributed by atoms with van der Waals surface area (Å²) >= 11 is 0. The van der Waals surface area contributed by atoms with Crippen LogP contribution in [0.4, 0.5) is 0 Å². The van der Waals surface area contributed by atoms with Crippen molar-refractivity contribution in [3.8, 4) is 23.2 Å². The maximum Gasteiger partial charge on any atom is 0.167 e. The Morgan fingerprint density at radius 1 is 0.944 bits per heavy atom. The summed E-state index contributed by atoms with van der Waals surface area (Å²) in [6.07, 6.45) is 2.86. The van der Waals surface area contributed by atoms with Crippen LogP contribution in [0.5, 0.6) is 0 Å². The number of hydrogen-bond donors (Lipinski definition) is 1. The fraction of sp³-hybridized carbons (Fsp3) is 0.310. The van der Waals surface area contributed by atoms with E-state index in [0.29, 0.717) is 18.1 Å². The van der Waals surface area contributed by atoms with Crippen LogP contribution >= 0.6 is 0 Å². The Kier molecular flexibility index (Phi) is 7.28. The second-order valence-electron chi connectivity index (χ2n) is 9.38. The molecule has 1 aliphatic rings. The van der Waals surface area contributed by atoms with Gasteiger partial charge in [-0.2, -0.15) is 0 Å². The summed E-state index contributed by atoms with van der Waals surface area (Å²) in [4.78, 5) is 9.08. The van der Waals surface area contributed by atoms with Crippen LogP contribution in [0.25, 0.3) is 11.3 Å². The first-order valence-electron chi connectivity index (χ1n) is 12.3. The van der Waals surface area contributed by atoms with Gasteiger partial charge in [0.2, 0.25) is 0 Å². The maximum absolute atomic E-state index is 9.84. The second kappa shape index (κ2) is 10.9. The first-order chi connectivity index (χ1) is 17.5. The number of nitrogens with zero attached hydrogens (tertiary/aromatic N) is 5. The molecule has 3 heterocycles. The Morgan fingerprint density at radius 3 is 2.28 bits per heavy atom. The Hall–Kier alpha value is -3.70. The van der Waals surface area contributed by atoms with E-state index in [4.69, 9.17) is 4.52 Å². The third-order valence-corrected chi connectivity index (χ3v) is 6.49. The molecule has 4 aromatic rings. The van der Waals surface area contributed by atoms with Gasteiger partial charge in [-0.15, -0.1) is 0 Å². The third kappa shape index (κ3) is 5.92. The van der Waals surface area contributed by atoms with Gasteiger partial charge in [0.1, 0.15) is 17.6 Å². The van der Waals surface area contributed by atoms with Crippen LogP contribution in [0.2, 0.25) is 0 Å². The van der Waals surface area contributed by atoms with Crippen LogP contribution < -0.4 is 0 Å². The van der Waals surface area contributed by atoms with E-state index in [-0.39, 0.29) is 0 Å². The highest BCUT2D eigenvalue weighted by molar-refractivity contribution is 5.59. The van der Waals surface area contributed by atoms with Crippen LogP contribution in [0.15, 0.2) is 71.5 Å². The molecule has 0 saturated carbocycles. The molecule has 1 aliphatic heterocycles. The number of hydrogen-bond acceptors (Lipinski definition) is 6. The van der Waals surface area contributed by atoms with Gasteiger partial charge >= 0.3 is 0 Å². The molecule has 2 aromatic heterocycles. The second-order valence-corrected chi connectivity index (χ2v) is 9.38. The average molecular weight is 482 g/mol. The molecule has 5 rings (SSSR count). The van der Waals surface area contributed by atoms with E-state index in [2.05, 4.69) is 63.1 Å². The van der Waals surface area contributed by atoms with Gasteiger partial charge in [-0.1, -0.05) is 29.1 Å². The zero-order valence-electron chi connectivity index (χ0n) is 20.8. The Morgan fingerprint density at radius 2 is 1.61 bits per heavy atom. The molecule has 0 spiro atoms. The minimum Gasteiger partial charge on any atom is -0.385 e. The van der Waals surface area contributed by atoms with Crippen LogP contribution in [0.3, 0.4) is 0 Å². The van der Waals surface area contributed by atoms with Crippen molar-refractivity contribution in [3.63, 3.8) is 0 Å². The zero-order valence-corrected chi connectivity index (χ0v) is 20.8. The predicted octanol–water partition coefficient (Wildman–Crippen LogP) is 3.79. The molecular formula is C29H31N5O2. The molecule has 1 N–H and O–H groups in total. The summed E-state index contributed by atoms with van der Waals surface area (Å²) in [5.41, 5.74) is 4.99. The number of aliphatic hydroxyl groups is 1. The lowest BCUT2D eigenvalue weighted by Gasteiger charge is -2.32. The van der Waals surface area contributed by atoms with Crippen molar-refractivity contribution >= 4 is 0 Å². The maximum atomic E-state index is 9.84. The van der Waals surface area contributed by atoms with E-state index in [1.165, 1.54) is 5.56 Å². The van der Waals surface area contributed by atoms with Gasteiger partial charge in [0.05, 0.1) is 6.54 Å². The van der Waals surface area contributed by atoms with Crippen LogP contribution in [-0.2, 0) is 13.1 Å². The Bertz CT molecular complexity index is 1330. The van der Waals surface area contributed by atoms with E-state index in [1.807, 2.05) is 41.1 Å². The van der Waals surface area contributed by atoms with Gasteiger partial charge in [0, 0.05) is 67.9 Å². The number of rotatable bonds is 6. The lowest BCUT2D eigenvalue weighted by atomic mass is 10.1. The number of imidazole rings is 1. The van der Waals surface area contributed by atoms with Crippen molar-refractivity contribution < 1.29 is 9.63 Å². The fourth-order valence-electron chi connectivity index (χ4n) is 4.34. The van der Waals surface area contributed by atoms with Crippen LogP contribution in [-0.4, -0.2) is 62.8 Å². The molecule has 1 saturated heterocycles. The molecule has 0 radical (unpaired) electrons. The van der Waals surface area contributed by atoms with E-state index in [9.17, 15) is 5.11 Å². The SMILES string of the molecule is CC(O)c1nccn1Cc1cc(-c2ccc(C#Cc3ccc(CN4CCN(C)CC4)cc3)cc2)on1. The quantitative estimate of drug-likeness (QED) is 0.423. The standard InChI is InChI=1S/C29H31N5O2/c1-22(35)29-30-13-14-34(29)21-27-19-28(36-31-27)26-11-9-24(10-12-26)4-3-23-5-7-25(8-6-23)20-33-17-15-32(2)16-18-33/h5-14,19,22,35H,15-18,20-21H2,1-2H3.